The molecule has 0 aliphatic heterocycles. The van der Waals surface area contributed by atoms with E-state index in [9.17, 15) is 26.4 Å². The molecule has 0 aromatic heterocycles. The third-order valence-corrected chi connectivity index (χ3v) is 3.26. The van der Waals surface area contributed by atoms with Gasteiger partial charge in [-0.1, -0.05) is 0 Å². The summed E-state index contributed by atoms with van der Waals surface area (Å²) in [6.07, 6.45) is 0. The Hall–Kier alpha value is -1.97. The van der Waals surface area contributed by atoms with Crippen molar-refractivity contribution < 1.29 is 40.0 Å². The second kappa shape index (κ2) is 6.26. The highest BCUT2D eigenvalue weighted by molar-refractivity contribution is 7.88. The summed E-state index contributed by atoms with van der Waals surface area (Å²) in [4.78, 5) is 12.0. The Morgan fingerprint density at radius 2 is 1.70 bits per heavy atom. The maximum Gasteiger partial charge on any atom is 0.534 e. The number of carbonyl (C=O) groups is 1. The van der Waals surface area contributed by atoms with Crippen LogP contribution in [0.1, 0.15) is 31.1 Å². The number of alkyl halides is 3. The summed E-state index contributed by atoms with van der Waals surface area (Å²) in [6, 6.07) is 3.16. The highest BCUT2D eigenvalue weighted by atomic mass is 32.2. The Bertz CT molecular complexity index is 689. The maximum absolute atomic E-state index is 12.4. The van der Waals surface area contributed by atoms with Gasteiger partial charge in [-0.05, 0) is 32.9 Å². The van der Waals surface area contributed by atoms with Gasteiger partial charge in [0.1, 0.15) is 16.9 Å². The van der Waals surface area contributed by atoms with Crippen molar-refractivity contribution in [3.05, 3.63) is 23.8 Å². The maximum atomic E-state index is 12.4. The van der Waals surface area contributed by atoms with Crippen molar-refractivity contribution in [1.29, 1.82) is 0 Å². The lowest BCUT2D eigenvalue weighted by Crippen LogP contribution is -2.29. The number of rotatable bonds is 4. The lowest BCUT2D eigenvalue weighted by molar-refractivity contribution is -0.0501. The molecule has 1 aromatic carbocycles. The zero-order chi connectivity index (χ0) is 18.1. The predicted molar refractivity (Wildman–Crippen MR) is 73.8 cm³/mol. The smallest absolute Gasteiger partial charge is 0.497 e. The number of benzene rings is 1. The Morgan fingerprint density at radius 3 is 2.13 bits per heavy atom. The Balaban J connectivity index is 3.31. The molecule has 10 heteroatoms. The normalized spacial score (nSPS) is 12.7. The standard InChI is InChI=1S/C13H15F3O6S/c1-12(2,3)21-11(17)9-6-5-8(20-4)7-10(9)22-23(18,19)13(14,15)16/h5-7H,1-4H3. The molecule has 0 saturated heterocycles. The van der Waals surface area contributed by atoms with Gasteiger partial charge in [-0.3, -0.25) is 0 Å². The van der Waals surface area contributed by atoms with Crippen molar-refractivity contribution >= 4 is 16.1 Å². The third kappa shape index (κ3) is 5.02. The summed E-state index contributed by atoms with van der Waals surface area (Å²) in [7, 11) is -4.73. The summed E-state index contributed by atoms with van der Waals surface area (Å²) in [5.74, 6) is -1.87. The van der Waals surface area contributed by atoms with Crippen molar-refractivity contribution in [2.75, 3.05) is 7.11 Å². The molecule has 0 amide bonds. The monoisotopic (exact) mass is 356 g/mol. The molecule has 0 radical (unpaired) electrons. The van der Waals surface area contributed by atoms with Gasteiger partial charge in [0, 0.05) is 6.07 Å². The highest BCUT2D eigenvalue weighted by Crippen LogP contribution is 2.32. The van der Waals surface area contributed by atoms with E-state index >= 15 is 0 Å². The van der Waals surface area contributed by atoms with Crippen LogP contribution in [0.5, 0.6) is 11.5 Å². The van der Waals surface area contributed by atoms with Crippen LogP contribution in [0.3, 0.4) is 0 Å². The minimum atomic E-state index is -5.94. The zero-order valence-corrected chi connectivity index (χ0v) is 13.5. The quantitative estimate of drug-likeness (QED) is 0.469. The number of hydrogen-bond acceptors (Lipinski definition) is 6. The largest absolute Gasteiger partial charge is 0.534 e. The van der Waals surface area contributed by atoms with Crippen LogP contribution in [0.2, 0.25) is 0 Å². The van der Waals surface area contributed by atoms with Crippen molar-refractivity contribution in [3.8, 4) is 11.5 Å². The summed E-state index contributed by atoms with van der Waals surface area (Å²) in [6.45, 7) is 4.63. The molecule has 6 nitrogen and oxygen atoms in total. The molecule has 0 bridgehead atoms. The number of ether oxygens (including phenoxy) is 2. The molecule has 0 unspecified atom stereocenters. The van der Waals surface area contributed by atoms with Crippen LogP contribution in [-0.4, -0.2) is 32.6 Å². The van der Waals surface area contributed by atoms with Gasteiger partial charge in [0.25, 0.3) is 0 Å². The molecule has 0 heterocycles. The molecule has 0 N–H and O–H groups in total. The first-order valence-corrected chi connectivity index (χ1v) is 7.60. The summed E-state index contributed by atoms with van der Waals surface area (Å²) >= 11 is 0. The summed E-state index contributed by atoms with van der Waals surface area (Å²) in [5, 5.41) is 0. The number of halogens is 3. The molecule has 0 saturated carbocycles. The van der Waals surface area contributed by atoms with E-state index in [0.717, 1.165) is 12.1 Å². The van der Waals surface area contributed by atoms with Gasteiger partial charge in [0.15, 0.2) is 5.75 Å². The van der Waals surface area contributed by atoms with Crippen LogP contribution in [0.25, 0.3) is 0 Å². The van der Waals surface area contributed by atoms with Crippen LogP contribution < -0.4 is 8.92 Å². The van der Waals surface area contributed by atoms with Crippen LogP contribution >= 0.6 is 0 Å². The minimum absolute atomic E-state index is 0.00434. The van der Waals surface area contributed by atoms with Gasteiger partial charge < -0.3 is 13.7 Å². The zero-order valence-electron chi connectivity index (χ0n) is 12.7. The van der Waals surface area contributed by atoms with Crippen molar-refractivity contribution in [2.45, 2.75) is 31.9 Å². The number of carbonyl (C=O) groups excluding carboxylic acids is 1. The lowest BCUT2D eigenvalue weighted by atomic mass is 10.1. The van der Waals surface area contributed by atoms with E-state index in [1.54, 1.807) is 20.8 Å². The van der Waals surface area contributed by atoms with Gasteiger partial charge in [-0.15, -0.1) is 0 Å². The first-order chi connectivity index (χ1) is 10.3. The van der Waals surface area contributed by atoms with Gasteiger partial charge in [-0.2, -0.15) is 21.6 Å². The first kappa shape index (κ1) is 19.1. The van der Waals surface area contributed by atoms with Crippen LogP contribution in [0.4, 0.5) is 13.2 Å². The molecule has 1 aromatic rings. The second-order valence-corrected chi connectivity index (χ2v) is 6.89. The molecule has 0 fully saturated rings. The third-order valence-electron chi connectivity index (χ3n) is 2.29. The lowest BCUT2D eigenvalue weighted by Gasteiger charge is -2.20. The first-order valence-electron chi connectivity index (χ1n) is 6.19. The van der Waals surface area contributed by atoms with Crippen LogP contribution in [-0.2, 0) is 14.9 Å². The second-order valence-electron chi connectivity index (χ2n) is 5.35. The fourth-order valence-corrected chi connectivity index (χ4v) is 1.83. The van der Waals surface area contributed by atoms with E-state index in [2.05, 4.69) is 4.18 Å². The van der Waals surface area contributed by atoms with Gasteiger partial charge in [0.2, 0.25) is 0 Å². The number of hydrogen-bond donors (Lipinski definition) is 0. The molecule has 0 aliphatic carbocycles. The van der Waals surface area contributed by atoms with Gasteiger partial charge in [-0.25, -0.2) is 4.79 Å². The minimum Gasteiger partial charge on any atom is -0.497 e. The van der Waals surface area contributed by atoms with E-state index in [1.165, 1.54) is 13.2 Å². The fourth-order valence-electron chi connectivity index (χ4n) is 1.37. The molecule has 0 spiro atoms. The predicted octanol–water partition coefficient (Wildman–Crippen LogP) is 2.88. The van der Waals surface area contributed by atoms with E-state index in [4.69, 9.17) is 9.47 Å². The molecule has 130 valence electrons. The Morgan fingerprint density at radius 1 is 1.13 bits per heavy atom. The van der Waals surface area contributed by atoms with Crippen molar-refractivity contribution in [1.82, 2.24) is 0 Å². The Labute approximate surface area is 131 Å². The average Bonchev–Trinajstić information content (AvgIpc) is 2.34. The topological polar surface area (TPSA) is 78.9 Å². The summed E-state index contributed by atoms with van der Waals surface area (Å²) in [5.41, 5.74) is -7.05. The molecule has 0 aliphatic rings. The molecule has 0 atom stereocenters. The molecular formula is C13H15F3O6S. The van der Waals surface area contributed by atoms with Crippen molar-refractivity contribution in [3.63, 3.8) is 0 Å². The fraction of sp³-hybridized carbons (Fsp3) is 0.462. The number of esters is 1. The van der Waals surface area contributed by atoms with Gasteiger partial charge >= 0.3 is 21.6 Å². The Kier molecular flexibility index (Phi) is 5.20. The van der Waals surface area contributed by atoms with E-state index < -0.39 is 38.5 Å². The average molecular weight is 356 g/mol. The van der Waals surface area contributed by atoms with Crippen LogP contribution in [0, 0.1) is 0 Å². The SMILES string of the molecule is COc1ccc(C(=O)OC(C)(C)C)c(OS(=O)(=O)C(F)(F)F)c1. The van der Waals surface area contributed by atoms with Gasteiger partial charge in [0.05, 0.1) is 7.11 Å². The number of methoxy groups -OCH3 is 1. The molecular weight excluding hydrogens is 341 g/mol. The van der Waals surface area contributed by atoms with Crippen molar-refractivity contribution in [2.24, 2.45) is 0 Å². The van der Waals surface area contributed by atoms with E-state index in [-0.39, 0.29) is 5.75 Å². The molecule has 1 rings (SSSR count). The summed E-state index contributed by atoms with van der Waals surface area (Å²) < 4.78 is 73.4. The van der Waals surface area contributed by atoms with Crippen LogP contribution in [0.15, 0.2) is 18.2 Å². The van der Waals surface area contributed by atoms with E-state index in [0.29, 0.717) is 0 Å². The highest BCUT2D eigenvalue weighted by Gasteiger charge is 2.49. The molecule has 23 heavy (non-hydrogen) atoms. The van der Waals surface area contributed by atoms with E-state index in [1.807, 2.05) is 0 Å².